The average molecular weight is 321 g/mol. The summed E-state index contributed by atoms with van der Waals surface area (Å²) in [5.41, 5.74) is 1.19. The lowest BCUT2D eigenvalue weighted by Gasteiger charge is -2.37. The van der Waals surface area contributed by atoms with Crippen LogP contribution in [0.3, 0.4) is 0 Å². The van der Waals surface area contributed by atoms with Gasteiger partial charge < -0.3 is 9.73 Å². The van der Waals surface area contributed by atoms with E-state index in [2.05, 4.69) is 5.32 Å². The molecule has 1 unspecified atom stereocenters. The summed E-state index contributed by atoms with van der Waals surface area (Å²) in [5, 5.41) is 4.27. The normalized spacial score (nSPS) is 15.6. The third-order valence-corrected chi connectivity index (χ3v) is 4.70. The molecule has 1 aromatic heterocycles. The summed E-state index contributed by atoms with van der Waals surface area (Å²) in [6.45, 7) is 5.38. The largest absolute Gasteiger partial charge is 0.464 e. The summed E-state index contributed by atoms with van der Waals surface area (Å²) in [6.07, 6.45) is 1.66. The van der Waals surface area contributed by atoms with Crippen LogP contribution in [-0.4, -0.2) is 16.9 Å². The van der Waals surface area contributed by atoms with E-state index in [0.717, 1.165) is 23.1 Å². The molecule has 0 aliphatic carbocycles. The van der Waals surface area contributed by atoms with Crippen molar-refractivity contribution in [3.05, 3.63) is 36.1 Å². The third-order valence-electron chi connectivity index (χ3n) is 3.44. The quantitative estimate of drug-likeness (QED) is 0.828. The van der Waals surface area contributed by atoms with Gasteiger partial charge in [-0.05, 0) is 30.3 Å². The van der Waals surface area contributed by atoms with Crippen molar-refractivity contribution in [1.82, 2.24) is 5.32 Å². The number of alkyl halides is 3. The summed E-state index contributed by atoms with van der Waals surface area (Å²) in [7, 11) is 0. The molecule has 0 radical (unpaired) electrons. The van der Waals surface area contributed by atoms with Crippen molar-refractivity contribution in [1.29, 1.82) is 0 Å². The molecule has 0 spiro atoms. The van der Waals surface area contributed by atoms with Crippen molar-refractivity contribution in [3.63, 3.8) is 0 Å². The highest BCUT2D eigenvalue weighted by Crippen LogP contribution is 2.46. The third kappa shape index (κ3) is 2.87. The predicted octanol–water partition coefficient (Wildman–Crippen LogP) is 4.67. The van der Waals surface area contributed by atoms with Crippen molar-refractivity contribution < 1.29 is 4.42 Å². The second-order valence-corrected chi connectivity index (χ2v) is 7.06. The second kappa shape index (κ2) is 5.53. The molecular weight excluding hydrogens is 305 g/mol. The minimum atomic E-state index is -1.40. The van der Waals surface area contributed by atoms with Crippen molar-refractivity contribution in [2.24, 2.45) is 0 Å². The van der Waals surface area contributed by atoms with Gasteiger partial charge in [-0.3, -0.25) is 0 Å². The van der Waals surface area contributed by atoms with Gasteiger partial charge in [-0.15, -0.1) is 0 Å². The maximum absolute atomic E-state index is 6.20. The number of rotatable bonds is 4. The summed E-state index contributed by atoms with van der Waals surface area (Å²) >= 11 is 18.6. The molecule has 104 valence electrons. The molecule has 0 bridgehead atoms. The number of likely N-dealkylation sites (N-methyl/N-ethyl adjacent to an activating group) is 1. The molecule has 5 heteroatoms. The van der Waals surface area contributed by atoms with Gasteiger partial charge in [-0.25, -0.2) is 0 Å². The topological polar surface area (TPSA) is 25.2 Å². The van der Waals surface area contributed by atoms with Crippen LogP contribution >= 0.6 is 34.8 Å². The highest BCUT2D eigenvalue weighted by molar-refractivity contribution is 6.68. The molecule has 1 atom stereocenters. The molecule has 1 aromatic carbocycles. The molecule has 1 heterocycles. The van der Waals surface area contributed by atoms with Gasteiger partial charge in [0.2, 0.25) is 3.79 Å². The zero-order valence-electron chi connectivity index (χ0n) is 10.8. The molecule has 1 N–H and O–H groups in total. The molecule has 0 fully saturated rings. The van der Waals surface area contributed by atoms with E-state index in [1.54, 1.807) is 6.26 Å². The van der Waals surface area contributed by atoms with Crippen LogP contribution in [0.1, 0.15) is 19.4 Å². The van der Waals surface area contributed by atoms with Crippen LogP contribution in [-0.2, 0) is 5.41 Å². The second-order valence-electron chi connectivity index (χ2n) is 4.78. The average Bonchev–Trinajstić information content (AvgIpc) is 2.81. The summed E-state index contributed by atoms with van der Waals surface area (Å²) in [4.78, 5) is 0. The van der Waals surface area contributed by atoms with E-state index in [4.69, 9.17) is 39.2 Å². The molecule has 2 nitrogen and oxygen atoms in total. The van der Waals surface area contributed by atoms with E-state index in [9.17, 15) is 0 Å². The molecule has 0 saturated carbocycles. The summed E-state index contributed by atoms with van der Waals surface area (Å²) in [6, 6.07) is 7.78. The minimum absolute atomic E-state index is 0.587. The Hall–Kier alpha value is -0.410. The maximum atomic E-state index is 6.20. The molecule has 19 heavy (non-hydrogen) atoms. The van der Waals surface area contributed by atoms with Gasteiger partial charge in [-0.1, -0.05) is 54.7 Å². The fourth-order valence-corrected chi connectivity index (χ4v) is 2.58. The number of hydrogen-bond donors (Lipinski definition) is 1. The van der Waals surface area contributed by atoms with E-state index < -0.39 is 9.21 Å². The van der Waals surface area contributed by atoms with Crippen LogP contribution in [0.15, 0.2) is 34.9 Å². The standard InChI is InChI=1S/C14H16Cl3NO/c1-3-18-9-13(2,14(15,16)17)11-4-5-12-10(8-11)6-7-19-12/h4-8,18H,3,9H2,1-2H3. The van der Waals surface area contributed by atoms with E-state index in [0.29, 0.717) is 6.54 Å². The Morgan fingerprint density at radius 2 is 1.95 bits per heavy atom. The first kappa shape index (κ1) is 15.0. The maximum Gasteiger partial charge on any atom is 0.201 e. The van der Waals surface area contributed by atoms with Crippen molar-refractivity contribution >= 4 is 45.8 Å². The first-order chi connectivity index (χ1) is 8.88. The Labute approximate surface area is 128 Å². The van der Waals surface area contributed by atoms with Crippen LogP contribution in [0.4, 0.5) is 0 Å². The zero-order chi connectivity index (χ0) is 14.1. The Balaban J connectivity index is 2.47. The monoisotopic (exact) mass is 319 g/mol. The van der Waals surface area contributed by atoms with Crippen LogP contribution in [0, 0.1) is 0 Å². The van der Waals surface area contributed by atoms with E-state index in [1.807, 2.05) is 38.1 Å². The fraction of sp³-hybridized carbons (Fsp3) is 0.429. The molecule has 2 aromatic rings. The highest BCUT2D eigenvalue weighted by atomic mass is 35.6. The van der Waals surface area contributed by atoms with Crippen LogP contribution in [0.2, 0.25) is 0 Å². The SMILES string of the molecule is CCNCC(C)(c1ccc2occc2c1)C(Cl)(Cl)Cl. The van der Waals surface area contributed by atoms with Crippen LogP contribution in [0.5, 0.6) is 0 Å². The van der Waals surface area contributed by atoms with Crippen molar-refractivity contribution in [2.45, 2.75) is 23.1 Å². The van der Waals surface area contributed by atoms with Gasteiger partial charge in [0.15, 0.2) is 0 Å². The fourth-order valence-electron chi connectivity index (χ4n) is 2.05. The lowest BCUT2D eigenvalue weighted by atomic mass is 9.83. The number of halogens is 3. The highest BCUT2D eigenvalue weighted by Gasteiger charge is 2.45. The molecule has 0 saturated heterocycles. The number of fused-ring (bicyclic) bond motifs is 1. The number of furan rings is 1. The lowest BCUT2D eigenvalue weighted by molar-refractivity contribution is 0.443. The van der Waals surface area contributed by atoms with E-state index in [1.165, 1.54) is 0 Å². The molecule has 0 aliphatic rings. The molecule has 0 aliphatic heterocycles. The molecule has 2 rings (SSSR count). The first-order valence-electron chi connectivity index (χ1n) is 6.13. The van der Waals surface area contributed by atoms with Gasteiger partial charge in [0.25, 0.3) is 0 Å². The van der Waals surface area contributed by atoms with Gasteiger partial charge >= 0.3 is 0 Å². The van der Waals surface area contributed by atoms with Crippen LogP contribution in [0.25, 0.3) is 11.0 Å². The van der Waals surface area contributed by atoms with E-state index >= 15 is 0 Å². The van der Waals surface area contributed by atoms with Gasteiger partial charge in [-0.2, -0.15) is 0 Å². The van der Waals surface area contributed by atoms with Gasteiger partial charge in [0.1, 0.15) is 5.58 Å². The van der Waals surface area contributed by atoms with Crippen LogP contribution < -0.4 is 5.32 Å². The molecular formula is C14H16Cl3NO. The first-order valence-corrected chi connectivity index (χ1v) is 7.27. The van der Waals surface area contributed by atoms with Gasteiger partial charge in [0, 0.05) is 11.9 Å². The predicted molar refractivity (Wildman–Crippen MR) is 82.4 cm³/mol. The lowest BCUT2D eigenvalue weighted by Crippen LogP contribution is -2.45. The number of nitrogens with one attached hydrogen (secondary N) is 1. The Morgan fingerprint density at radius 3 is 2.58 bits per heavy atom. The van der Waals surface area contributed by atoms with Crippen molar-refractivity contribution in [2.75, 3.05) is 13.1 Å². The Bertz CT molecular complexity index is 561. The van der Waals surface area contributed by atoms with Gasteiger partial charge in [0.05, 0.1) is 11.7 Å². The Kier molecular flexibility index (Phi) is 4.36. The number of hydrogen-bond acceptors (Lipinski definition) is 2. The number of benzene rings is 1. The van der Waals surface area contributed by atoms with Crippen molar-refractivity contribution in [3.8, 4) is 0 Å². The molecule has 0 amide bonds. The van der Waals surface area contributed by atoms with E-state index in [-0.39, 0.29) is 0 Å². The summed E-state index contributed by atoms with van der Waals surface area (Å²) < 4.78 is 3.94. The minimum Gasteiger partial charge on any atom is -0.464 e. The zero-order valence-corrected chi connectivity index (χ0v) is 13.1. The Morgan fingerprint density at radius 1 is 1.21 bits per heavy atom. The smallest absolute Gasteiger partial charge is 0.201 e. The summed E-state index contributed by atoms with van der Waals surface area (Å²) in [5.74, 6) is 0.